The van der Waals surface area contributed by atoms with Crippen molar-refractivity contribution in [1.29, 1.82) is 0 Å². The second-order valence-corrected chi connectivity index (χ2v) is 4.65. The molecule has 102 valence electrons. The van der Waals surface area contributed by atoms with Gasteiger partial charge in [-0.05, 0) is 18.6 Å². The quantitative estimate of drug-likeness (QED) is 0.513. The van der Waals surface area contributed by atoms with E-state index in [1.54, 1.807) is 7.11 Å². The molecular formula is C15H26N2O. The molecule has 0 saturated carbocycles. The molecule has 0 radical (unpaired) electrons. The molecule has 0 bridgehead atoms. The minimum Gasteiger partial charge on any atom is -0.497 e. The lowest BCUT2D eigenvalue weighted by molar-refractivity contribution is 0.415. The van der Waals surface area contributed by atoms with Crippen LogP contribution >= 0.6 is 0 Å². The standard InChI is InChI=1S/C15H26N2O/c1-3-4-5-6-7-8-11-17-15-10-9-13(18-2)12-14(15)16/h9-10,12,17H,3-8,11,16H2,1-2H3. The maximum Gasteiger partial charge on any atom is 0.121 e. The van der Waals surface area contributed by atoms with Crippen molar-refractivity contribution in [3.63, 3.8) is 0 Å². The van der Waals surface area contributed by atoms with Crippen molar-refractivity contribution in [3.8, 4) is 5.75 Å². The summed E-state index contributed by atoms with van der Waals surface area (Å²) in [4.78, 5) is 0. The summed E-state index contributed by atoms with van der Waals surface area (Å²) in [5.74, 6) is 0.803. The molecule has 0 aliphatic heterocycles. The highest BCUT2D eigenvalue weighted by atomic mass is 16.5. The molecule has 1 aromatic carbocycles. The highest BCUT2D eigenvalue weighted by Gasteiger charge is 2.00. The normalized spacial score (nSPS) is 10.3. The first kappa shape index (κ1) is 14.7. The van der Waals surface area contributed by atoms with Crippen LogP contribution in [0.25, 0.3) is 0 Å². The second kappa shape index (κ2) is 8.67. The Kier molecular flexibility index (Phi) is 7.07. The van der Waals surface area contributed by atoms with Crippen LogP contribution in [0.15, 0.2) is 18.2 Å². The lowest BCUT2D eigenvalue weighted by Crippen LogP contribution is -2.04. The number of methoxy groups -OCH3 is 1. The molecule has 18 heavy (non-hydrogen) atoms. The summed E-state index contributed by atoms with van der Waals surface area (Å²) in [6.45, 7) is 3.23. The molecule has 0 saturated heterocycles. The number of anilines is 2. The smallest absolute Gasteiger partial charge is 0.121 e. The van der Waals surface area contributed by atoms with Crippen LogP contribution in [0.3, 0.4) is 0 Å². The van der Waals surface area contributed by atoms with E-state index in [0.29, 0.717) is 0 Å². The van der Waals surface area contributed by atoms with Crippen LogP contribution in [0.5, 0.6) is 5.75 Å². The van der Waals surface area contributed by atoms with Crippen LogP contribution in [0.4, 0.5) is 11.4 Å². The summed E-state index contributed by atoms with van der Waals surface area (Å²) in [5, 5.41) is 3.37. The second-order valence-electron chi connectivity index (χ2n) is 4.65. The minimum absolute atomic E-state index is 0.750. The van der Waals surface area contributed by atoms with Crippen LogP contribution in [-0.4, -0.2) is 13.7 Å². The SMILES string of the molecule is CCCCCCCCNc1ccc(OC)cc1N. The summed E-state index contributed by atoms with van der Waals surface area (Å²) < 4.78 is 5.12. The van der Waals surface area contributed by atoms with Crippen LogP contribution in [-0.2, 0) is 0 Å². The number of rotatable bonds is 9. The number of ether oxygens (including phenoxy) is 1. The number of hydrogen-bond acceptors (Lipinski definition) is 3. The predicted molar refractivity (Wildman–Crippen MR) is 79.3 cm³/mol. The maximum atomic E-state index is 5.93. The van der Waals surface area contributed by atoms with Gasteiger partial charge in [-0.1, -0.05) is 39.0 Å². The monoisotopic (exact) mass is 250 g/mol. The zero-order valence-corrected chi connectivity index (χ0v) is 11.7. The molecule has 3 N–H and O–H groups in total. The minimum atomic E-state index is 0.750. The number of unbranched alkanes of at least 4 members (excludes halogenated alkanes) is 5. The van der Waals surface area contributed by atoms with E-state index in [1.165, 1.54) is 38.5 Å². The Morgan fingerprint density at radius 1 is 1.11 bits per heavy atom. The molecule has 0 spiro atoms. The summed E-state index contributed by atoms with van der Waals surface area (Å²) in [6.07, 6.45) is 7.87. The van der Waals surface area contributed by atoms with Crippen molar-refractivity contribution < 1.29 is 4.74 Å². The third-order valence-corrected chi connectivity index (χ3v) is 3.10. The third kappa shape index (κ3) is 5.30. The van der Waals surface area contributed by atoms with E-state index in [1.807, 2.05) is 18.2 Å². The highest BCUT2D eigenvalue weighted by molar-refractivity contribution is 5.68. The molecular weight excluding hydrogens is 224 g/mol. The molecule has 0 aliphatic carbocycles. The lowest BCUT2D eigenvalue weighted by Gasteiger charge is -2.10. The Labute approximate surface area is 111 Å². The van der Waals surface area contributed by atoms with E-state index in [2.05, 4.69) is 12.2 Å². The summed E-state index contributed by atoms with van der Waals surface area (Å²) >= 11 is 0. The molecule has 0 unspecified atom stereocenters. The summed E-state index contributed by atoms with van der Waals surface area (Å²) in [7, 11) is 1.65. The van der Waals surface area contributed by atoms with Crippen molar-refractivity contribution in [2.24, 2.45) is 0 Å². The van der Waals surface area contributed by atoms with Gasteiger partial charge in [0.1, 0.15) is 5.75 Å². The largest absolute Gasteiger partial charge is 0.497 e. The number of nitrogens with two attached hydrogens (primary N) is 1. The molecule has 0 atom stereocenters. The Morgan fingerprint density at radius 2 is 1.83 bits per heavy atom. The summed E-state index contributed by atoms with van der Waals surface area (Å²) in [6, 6.07) is 5.76. The predicted octanol–water partition coefficient (Wildman–Crippen LogP) is 4.05. The van der Waals surface area contributed by atoms with Crippen LogP contribution < -0.4 is 15.8 Å². The fraction of sp³-hybridized carbons (Fsp3) is 0.600. The van der Waals surface area contributed by atoms with E-state index in [0.717, 1.165) is 23.7 Å². The van der Waals surface area contributed by atoms with Gasteiger partial charge >= 0.3 is 0 Å². The number of nitrogens with one attached hydrogen (secondary N) is 1. The van der Waals surface area contributed by atoms with E-state index < -0.39 is 0 Å². The van der Waals surface area contributed by atoms with Gasteiger partial charge < -0.3 is 15.8 Å². The van der Waals surface area contributed by atoms with Gasteiger partial charge in [0.15, 0.2) is 0 Å². The third-order valence-electron chi connectivity index (χ3n) is 3.10. The molecule has 0 fully saturated rings. The van der Waals surface area contributed by atoms with Crippen LogP contribution in [0.1, 0.15) is 45.4 Å². The molecule has 3 heteroatoms. The van der Waals surface area contributed by atoms with E-state index in [-0.39, 0.29) is 0 Å². The average molecular weight is 250 g/mol. The Morgan fingerprint density at radius 3 is 2.50 bits per heavy atom. The van der Waals surface area contributed by atoms with Gasteiger partial charge in [0, 0.05) is 12.6 Å². The number of benzene rings is 1. The lowest BCUT2D eigenvalue weighted by atomic mass is 10.1. The first-order valence-electron chi connectivity index (χ1n) is 6.95. The first-order valence-corrected chi connectivity index (χ1v) is 6.95. The van der Waals surface area contributed by atoms with Gasteiger partial charge in [0.2, 0.25) is 0 Å². The fourth-order valence-electron chi connectivity index (χ4n) is 1.96. The van der Waals surface area contributed by atoms with Gasteiger partial charge in [-0.3, -0.25) is 0 Å². The van der Waals surface area contributed by atoms with Gasteiger partial charge in [-0.15, -0.1) is 0 Å². The van der Waals surface area contributed by atoms with Crippen molar-refractivity contribution in [1.82, 2.24) is 0 Å². The van der Waals surface area contributed by atoms with Gasteiger partial charge in [0.05, 0.1) is 18.5 Å². The summed E-state index contributed by atoms with van der Waals surface area (Å²) in [5.41, 5.74) is 7.69. The number of hydrogen-bond donors (Lipinski definition) is 2. The highest BCUT2D eigenvalue weighted by Crippen LogP contribution is 2.23. The van der Waals surface area contributed by atoms with E-state index >= 15 is 0 Å². The Bertz CT molecular complexity index is 339. The molecule has 1 rings (SSSR count). The van der Waals surface area contributed by atoms with Gasteiger partial charge in [-0.2, -0.15) is 0 Å². The molecule has 1 aromatic rings. The molecule has 0 heterocycles. The van der Waals surface area contributed by atoms with Gasteiger partial charge in [0.25, 0.3) is 0 Å². The molecule has 3 nitrogen and oxygen atoms in total. The zero-order valence-electron chi connectivity index (χ0n) is 11.7. The molecule has 0 aromatic heterocycles. The molecule has 0 amide bonds. The van der Waals surface area contributed by atoms with Crippen molar-refractivity contribution >= 4 is 11.4 Å². The van der Waals surface area contributed by atoms with Crippen molar-refractivity contribution in [2.45, 2.75) is 45.4 Å². The van der Waals surface area contributed by atoms with E-state index in [9.17, 15) is 0 Å². The fourth-order valence-corrected chi connectivity index (χ4v) is 1.96. The Hall–Kier alpha value is -1.38. The first-order chi connectivity index (χ1) is 8.77. The van der Waals surface area contributed by atoms with Gasteiger partial charge in [-0.25, -0.2) is 0 Å². The maximum absolute atomic E-state index is 5.93. The zero-order chi connectivity index (χ0) is 13.2. The Balaban J connectivity index is 2.19. The van der Waals surface area contributed by atoms with Crippen molar-refractivity contribution in [2.75, 3.05) is 24.7 Å². The average Bonchev–Trinajstić information content (AvgIpc) is 2.39. The van der Waals surface area contributed by atoms with Crippen molar-refractivity contribution in [3.05, 3.63) is 18.2 Å². The number of nitrogen functional groups attached to an aromatic ring is 1. The van der Waals surface area contributed by atoms with E-state index in [4.69, 9.17) is 10.5 Å². The molecule has 0 aliphatic rings. The topological polar surface area (TPSA) is 47.3 Å². The van der Waals surface area contributed by atoms with Crippen LogP contribution in [0.2, 0.25) is 0 Å². The van der Waals surface area contributed by atoms with Crippen LogP contribution in [0, 0.1) is 0 Å².